The zero-order chi connectivity index (χ0) is 9.42. The number of anilines is 1. The van der Waals surface area contributed by atoms with Crippen molar-refractivity contribution in [2.75, 3.05) is 11.9 Å². The lowest BCUT2D eigenvalue weighted by Crippen LogP contribution is -2.13. The summed E-state index contributed by atoms with van der Waals surface area (Å²) in [4.78, 5) is 0. The molecule has 0 bridgehead atoms. The molecule has 70 valence electrons. The second-order valence-corrected chi connectivity index (χ2v) is 4.30. The summed E-state index contributed by atoms with van der Waals surface area (Å²) in [6.45, 7) is 0.869. The van der Waals surface area contributed by atoms with Crippen molar-refractivity contribution in [3.63, 3.8) is 0 Å². The molecule has 1 heterocycles. The van der Waals surface area contributed by atoms with Crippen LogP contribution < -0.4 is 5.32 Å². The van der Waals surface area contributed by atoms with Crippen LogP contribution in [0.25, 0.3) is 0 Å². The number of rotatable bonds is 0. The molecule has 4 heteroatoms. The largest absolute Gasteiger partial charge is 0.384 e. The molecular formula is C9H8BrClFN. The molecule has 1 N–H and O–H groups in total. The number of hydrogen-bond acceptors (Lipinski definition) is 1. The Bertz CT molecular complexity index is 354. The van der Waals surface area contributed by atoms with Crippen molar-refractivity contribution in [2.24, 2.45) is 0 Å². The van der Waals surface area contributed by atoms with Gasteiger partial charge in [-0.2, -0.15) is 0 Å². The van der Waals surface area contributed by atoms with E-state index in [2.05, 4.69) is 21.2 Å². The van der Waals surface area contributed by atoms with Crippen LogP contribution >= 0.6 is 27.5 Å². The van der Waals surface area contributed by atoms with Crippen LogP contribution in [0.3, 0.4) is 0 Å². The van der Waals surface area contributed by atoms with Crippen molar-refractivity contribution >= 4 is 33.2 Å². The first-order valence-electron chi connectivity index (χ1n) is 4.10. The van der Waals surface area contributed by atoms with Crippen molar-refractivity contribution in [1.29, 1.82) is 0 Å². The van der Waals surface area contributed by atoms with Gasteiger partial charge in [-0.05, 0) is 34.8 Å². The Morgan fingerprint density at radius 2 is 2.31 bits per heavy atom. The van der Waals surface area contributed by atoms with E-state index in [0.717, 1.165) is 25.1 Å². The van der Waals surface area contributed by atoms with Gasteiger partial charge in [-0.1, -0.05) is 11.6 Å². The molecule has 2 rings (SSSR count). The van der Waals surface area contributed by atoms with Gasteiger partial charge in [-0.3, -0.25) is 0 Å². The second-order valence-electron chi connectivity index (χ2n) is 3.04. The van der Waals surface area contributed by atoms with Crippen LogP contribution in [0.1, 0.15) is 12.0 Å². The molecule has 1 aromatic rings. The van der Waals surface area contributed by atoms with Gasteiger partial charge in [0.05, 0.1) is 15.2 Å². The molecule has 13 heavy (non-hydrogen) atoms. The zero-order valence-electron chi connectivity index (χ0n) is 6.83. The van der Waals surface area contributed by atoms with E-state index in [-0.39, 0.29) is 5.82 Å². The fourth-order valence-electron chi connectivity index (χ4n) is 1.55. The average Bonchev–Trinajstić information content (AvgIpc) is 2.15. The van der Waals surface area contributed by atoms with Gasteiger partial charge >= 0.3 is 0 Å². The van der Waals surface area contributed by atoms with Crippen LogP contribution in [-0.2, 0) is 6.42 Å². The summed E-state index contributed by atoms with van der Waals surface area (Å²) in [7, 11) is 0. The first-order chi connectivity index (χ1) is 6.20. The van der Waals surface area contributed by atoms with Crippen LogP contribution in [0, 0.1) is 5.82 Å². The average molecular weight is 265 g/mol. The lowest BCUT2D eigenvalue weighted by Gasteiger charge is -2.20. The Morgan fingerprint density at radius 1 is 1.54 bits per heavy atom. The molecule has 0 saturated carbocycles. The summed E-state index contributed by atoms with van der Waals surface area (Å²) in [6.07, 6.45) is 1.71. The topological polar surface area (TPSA) is 12.0 Å². The van der Waals surface area contributed by atoms with Crippen LogP contribution in [0.15, 0.2) is 10.5 Å². The molecule has 0 unspecified atom stereocenters. The van der Waals surface area contributed by atoms with Crippen molar-refractivity contribution in [1.82, 2.24) is 0 Å². The number of benzene rings is 1. The maximum absolute atomic E-state index is 13.5. The van der Waals surface area contributed by atoms with Gasteiger partial charge < -0.3 is 5.32 Å². The third-order valence-corrected chi connectivity index (χ3v) is 3.05. The van der Waals surface area contributed by atoms with E-state index >= 15 is 0 Å². The summed E-state index contributed by atoms with van der Waals surface area (Å²) in [5, 5.41) is 3.69. The number of halogens is 3. The molecule has 0 amide bonds. The molecule has 0 fully saturated rings. The van der Waals surface area contributed by atoms with Crippen LogP contribution in [0.5, 0.6) is 0 Å². The summed E-state index contributed by atoms with van der Waals surface area (Å²) < 4.78 is 14.0. The minimum atomic E-state index is -0.188. The fourth-order valence-corrected chi connectivity index (χ4v) is 2.44. The molecule has 0 radical (unpaired) electrons. The smallest absolute Gasteiger partial charge is 0.142 e. The van der Waals surface area contributed by atoms with Crippen LogP contribution in [-0.4, -0.2) is 6.54 Å². The van der Waals surface area contributed by atoms with Gasteiger partial charge in [0, 0.05) is 12.1 Å². The van der Waals surface area contributed by atoms with E-state index in [9.17, 15) is 4.39 Å². The normalized spacial score (nSPS) is 15.0. The third-order valence-electron chi connectivity index (χ3n) is 2.17. The fraction of sp³-hybridized carbons (Fsp3) is 0.333. The van der Waals surface area contributed by atoms with E-state index < -0.39 is 0 Å². The Kier molecular flexibility index (Phi) is 2.47. The van der Waals surface area contributed by atoms with Gasteiger partial charge in [-0.25, -0.2) is 4.39 Å². The van der Waals surface area contributed by atoms with Gasteiger partial charge in [0.1, 0.15) is 5.82 Å². The van der Waals surface area contributed by atoms with Gasteiger partial charge in [0.2, 0.25) is 0 Å². The maximum atomic E-state index is 13.5. The zero-order valence-corrected chi connectivity index (χ0v) is 9.17. The van der Waals surface area contributed by atoms with Crippen LogP contribution in [0.2, 0.25) is 5.02 Å². The molecule has 1 aromatic carbocycles. The molecule has 1 nitrogen and oxygen atoms in total. The van der Waals surface area contributed by atoms with Gasteiger partial charge in [-0.15, -0.1) is 0 Å². The van der Waals surface area contributed by atoms with Crippen molar-refractivity contribution in [2.45, 2.75) is 12.8 Å². The Labute approximate surface area is 89.4 Å². The highest BCUT2D eigenvalue weighted by Gasteiger charge is 2.18. The molecule has 0 spiro atoms. The predicted octanol–water partition coefficient (Wildman–Crippen LogP) is 3.60. The van der Waals surface area contributed by atoms with Crippen LogP contribution in [0.4, 0.5) is 10.1 Å². The predicted molar refractivity (Wildman–Crippen MR) is 55.9 cm³/mol. The van der Waals surface area contributed by atoms with Crippen molar-refractivity contribution in [3.8, 4) is 0 Å². The highest BCUT2D eigenvalue weighted by atomic mass is 79.9. The number of hydrogen-bond donors (Lipinski definition) is 1. The first kappa shape index (κ1) is 9.28. The van der Waals surface area contributed by atoms with Gasteiger partial charge in [0.15, 0.2) is 0 Å². The lowest BCUT2D eigenvalue weighted by atomic mass is 10.0. The molecule has 0 atom stereocenters. The molecular weight excluding hydrogens is 256 g/mol. The number of nitrogens with one attached hydrogen (secondary N) is 1. The highest BCUT2D eigenvalue weighted by Crippen LogP contribution is 2.35. The Morgan fingerprint density at radius 3 is 3.08 bits per heavy atom. The van der Waals surface area contributed by atoms with Gasteiger partial charge in [0.25, 0.3) is 0 Å². The monoisotopic (exact) mass is 263 g/mol. The molecule has 0 saturated heterocycles. The lowest BCUT2D eigenvalue weighted by molar-refractivity contribution is 0.596. The maximum Gasteiger partial charge on any atom is 0.142 e. The van der Waals surface area contributed by atoms with Crippen molar-refractivity contribution in [3.05, 3.63) is 26.9 Å². The minimum Gasteiger partial charge on any atom is -0.384 e. The molecule has 1 aliphatic heterocycles. The summed E-state index contributed by atoms with van der Waals surface area (Å²) >= 11 is 9.10. The quantitative estimate of drug-likeness (QED) is 0.706. The third kappa shape index (κ3) is 1.55. The van der Waals surface area contributed by atoms with E-state index in [4.69, 9.17) is 11.6 Å². The van der Waals surface area contributed by atoms with E-state index in [1.165, 1.54) is 0 Å². The standard InChI is InChI=1S/C9H8BrClFN/c10-6-4-7(11)9-5(8(6)12)2-1-3-13-9/h4,13H,1-3H2. The Hall–Kier alpha value is -0.280. The highest BCUT2D eigenvalue weighted by molar-refractivity contribution is 9.10. The second kappa shape index (κ2) is 3.46. The first-order valence-corrected chi connectivity index (χ1v) is 5.27. The summed E-state index contributed by atoms with van der Waals surface area (Å²) in [6, 6.07) is 1.59. The minimum absolute atomic E-state index is 0.188. The van der Waals surface area contributed by atoms with E-state index in [1.54, 1.807) is 6.07 Å². The SMILES string of the molecule is Fc1c(Br)cc(Cl)c2c1CCCN2. The molecule has 0 aromatic heterocycles. The summed E-state index contributed by atoms with van der Waals surface area (Å²) in [5.74, 6) is -0.188. The molecule has 0 aliphatic carbocycles. The van der Waals surface area contributed by atoms with E-state index in [1.807, 2.05) is 0 Å². The Balaban J connectivity index is 2.63. The van der Waals surface area contributed by atoms with Crippen molar-refractivity contribution < 1.29 is 4.39 Å². The number of fused-ring (bicyclic) bond motifs is 1. The van der Waals surface area contributed by atoms with E-state index in [0.29, 0.717) is 15.1 Å². The summed E-state index contributed by atoms with van der Waals surface area (Å²) in [5.41, 5.74) is 1.46. The molecule has 1 aliphatic rings.